The molecule has 0 aliphatic heterocycles. The maximum atomic E-state index is 12.8. The van der Waals surface area contributed by atoms with E-state index in [9.17, 15) is 14.4 Å². The lowest BCUT2D eigenvalue weighted by Gasteiger charge is -2.27. The Morgan fingerprint density at radius 3 is 2.30 bits per heavy atom. The van der Waals surface area contributed by atoms with Gasteiger partial charge < -0.3 is 20.9 Å². The van der Waals surface area contributed by atoms with Crippen LogP contribution < -0.4 is 11.1 Å². The van der Waals surface area contributed by atoms with E-state index in [2.05, 4.69) is 5.32 Å². The van der Waals surface area contributed by atoms with Crippen molar-refractivity contribution in [1.82, 2.24) is 15.1 Å². The molecule has 1 aromatic rings. The van der Waals surface area contributed by atoms with Gasteiger partial charge >= 0.3 is 0 Å². The highest BCUT2D eigenvalue weighted by atomic mass is 16.2. The van der Waals surface area contributed by atoms with Crippen LogP contribution in [0.25, 0.3) is 0 Å². The van der Waals surface area contributed by atoms with E-state index in [4.69, 9.17) is 5.73 Å². The van der Waals surface area contributed by atoms with Gasteiger partial charge in [-0.1, -0.05) is 30.3 Å². The van der Waals surface area contributed by atoms with E-state index in [1.54, 1.807) is 4.90 Å². The highest BCUT2D eigenvalue weighted by molar-refractivity contribution is 5.88. The van der Waals surface area contributed by atoms with Crippen LogP contribution in [0, 0.1) is 0 Å². The number of amides is 3. The van der Waals surface area contributed by atoms with Gasteiger partial charge in [0.1, 0.15) is 6.54 Å². The molecular formula is C20H28N4O3. The number of nitrogens with zero attached hydrogens (tertiary/aromatic N) is 2. The first-order valence-electron chi connectivity index (χ1n) is 9.66. The van der Waals surface area contributed by atoms with Gasteiger partial charge in [0, 0.05) is 18.6 Å². The van der Waals surface area contributed by atoms with Gasteiger partial charge in [-0.25, -0.2) is 0 Å². The zero-order valence-electron chi connectivity index (χ0n) is 15.6. The Hall–Kier alpha value is -2.41. The molecular weight excluding hydrogens is 344 g/mol. The van der Waals surface area contributed by atoms with Gasteiger partial charge in [-0.05, 0) is 37.7 Å². The van der Waals surface area contributed by atoms with Gasteiger partial charge in [0.05, 0.1) is 13.1 Å². The second-order valence-corrected chi connectivity index (χ2v) is 7.43. The van der Waals surface area contributed by atoms with Crippen molar-refractivity contribution >= 4 is 17.7 Å². The van der Waals surface area contributed by atoms with Crippen molar-refractivity contribution in [3.05, 3.63) is 35.9 Å². The van der Waals surface area contributed by atoms with Gasteiger partial charge in [0.15, 0.2) is 0 Å². The van der Waals surface area contributed by atoms with Gasteiger partial charge in [-0.15, -0.1) is 0 Å². The molecule has 7 nitrogen and oxygen atoms in total. The van der Waals surface area contributed by atoms with E-state index in [1.165, 1.54) is 4.90 Å². The summed E-state index contributed by atoms with van der Waals surface area (Å²) < 4.78 is 0. The summed E-state index contributed by atoms with van der Waals surface area (Å²) in [4.78, 5) is 39.9. The molecule has 3 amide bonds. The minimum absolute atomic E-state index is 0.0118. The summed E-state index contributed by atoms with van der Waals surface area (Å²) in [6, 6.07) is 10.4. The molecule has 27 heavy (non-hydrogen) atoms. The fourth-order valence-electron chi connectivity index (χ4n) is 3.06. The third-order valence-corrected chi connectivity index (χ3v) is 4.95. The highest BCUT2D eigenvalue weighted by Gasteiger charge is 2.35. The van der Waals surface area contributed by atoms with E-state index in [-0.39, 0.29) is 37.5 Å². The summed E-state index contributed by atoms with van der Waals surface area (Å²) in [7, 11) is 0. The second-order valence-electron chi connectivity index (χ2n) is 7.43. The van der Waals surface area contributed by atoms with E-state index in [0.29, 0.717) is 19.0 Å². The minimum Gasteiger partial charge on any atom is -0.368 e. The maximum Gasteiger partial charge on any atom is 0.242 e. The van der Waals surface area contributed by atoms with Gasteiger partial charge in [0.25, 0.3) is 0 Å². The summed E-state index contributed by atoms with van der Waals surface area (Å²) in [5, 5.41) is 3.21. The molecule has 0 radical (unpaired) electrons. The molecule has 0 heterocycles. The van der Waals surface area contributed by atoms with Crippen LogP contribution >= 0.6 is 0 Å². The lowest BCUT2D eigenvalue weighted by Crippen LogP contribution is -2.49. The van der Waals surface area contributed by atoms with Crippen LogP contribution in [0.15, 0.2) is 30.3 Å². The van der Waals surface area contributed by atoms with Crippen molar-refractivity contribution < 1.29 is 14.4 Å². The fourth-order valence-corrected chi connectivity index (χ4v) is 3.06. The largest absolute Gasteiger partial charge is 0.368 e. The first-order valence-corrected chi connectivity index (χ1v) is 9.66. The molecule has 0 aromatic heterocycles. The molecule has 3 rings (SSSR count). The van der Waals surface area contributed by atoms with E-state index < -0.39 is 5.91 Å². The first kappa shape index (κ1) is 19.4. The topological polar surface area (TPSA) is 95.7 Å². The van der Waals surface area contributed by atoms with E-state index in [1.807, 2.05) is 30.3 Å². The molecule has 0 unspecified atom stereocenters. The molecule has 0 bridgehead atoms. The Labute approximate surface area is 159 Å². The Kier molecular flexibility index (Phi) is 6.45. The van der Waals surface area contributed by atoms with Gasteiger partial charge in [-0.3, -0.25) is 14.4 Å². The van der Waals surface area contributed by atoms with E-state index >= 15 is 0 Å². The van der Waals surface area contributed by atoms with Crippen LogP contribution in [-0.2, 0) is 20.8 Å². The van der Waals surface area contributed by atoms with Gasteiger partial charge in [-0.2, -0.15) is 0 Å². The number of nitrogens with one attached hydrogen (secondary N) is 1. The van der Waals surface area contributed by atoms with Crippen LogP contribution in [0.3, 0.4) is 0 Å². The molecule has 3 N–H and O–H groups in total. The van der Waals surface area contributed by atoms with Crippen LogP contribution in [0.4, 0.5) is 0 Å². The van der Waals surface area contributed by atoms with Crippen LogP contribution in [-0.4, -0.2) is 65.8 Å². The average Bonchev–Trinajstić information content (AvgIpc) is 3.55. The van der Waals surface area contributed by atoms with Crippen LogP contribution in [0.1, 0.15) is 31.2 Å². The first-order chi connectivity index (χ1) is 13.0. The molecule has 0 saturated heterocycles. The number of benzene rings is 1. The molecule has 2 fully saturated rings. The monoisotopic (exact) mass is 372 g/mol. The third kappa shape index (κ3) is 6.36. The molecule has 0 spiro atoms. The quantitative estimate of drug-likeness (QED) is 0.583. The minimum atomic E-state index is -0.545. The average molecular weight is 372 g/mol. The Bertz CT molecular complexity index is 671. The molecule has 2 aliphatic rings. The molecule has 146 valence electrons. The predicted octanol–water partition coefficient (Wildman–Crippen LogP) is 0.286. The summed E-state index contributed by atoms with van der Waals surface area (Å²) in [6.45, 7) is 0.559. The van der Waals surface area contributed by atoms with Crippen molar-refractivity contribution in [3.8, 4) is 0 Å². The fraction of sp³-hybridized carbons (Fsp3) is 0.550. The Morgan fingerprint density at radius 2 is 1.70 bits per heavy atom. The Balaban J connectivity index is 1.57. The lowest BCUT2D eigenvalue weighted by molar-refractivity contribution is -0.141. The molecule has 2 aliphatic carbocycles. The number of primary amides is 1. The van der Waals surface area contributed by atoms with E-state index in [0.717, 1.165) is 31.2 Å². The number of hydrogen-bond donors (Lipinski definition) is 2. The summed E-state index contributed by atoms with van der Waals surface area (Å²) in [6.07, 6.45) is 4.73. The summed E-state index contributed by atoms with van der Waals surface area (Å²) in [5.41, 5.74) is 6.41. The number of hydrogen-bond acceptors (Lipinski definition) is 4. The van der Waals surface area contributed by atoms with Crippen LogP contribution in [0.2, 0.25) is 0 Å². The SMILES string of the molecule is NC(=O)CN(CCc1ccccc1)C(=O)CN(C(=O)CNC1CC1)C1CC1. The third-order valence-electron chi connectivity index (χ3n) is 4.95. The zero-order valence-corrected chi connectivity index (χ0v) is 15.6. The number of carbonyl (C=O) groups excluding carboxylic acids is 3. The van der Waals surface area contributed by atoms with Crippen molar-refractivity contribution in [2.24, 2.45) is 5.73 Å². The maximum absolute atomic E-state index is 12.8. The Morgan fingerprint density at radius 1 is 1.00 bits per heavy atom. The predicted molar refractivity (Wildman–Crippen MR) is 102 cm³/mol. The number of rotatable bonds is 11. The normalized spacial score (nSPS) is 16.0. The van der Waals surface area contributed by atoms with Crippen molar-refractivity contribution in [2.45, 2.75) is 44.2 Å². The second kappa shape index (κ2) is 8.99. The standard InChI is InChI=1S/C20H28N4O3/c21-18(25)13-23(11-10-15-4-2-1-3-5-15)20(27)14-24(17-8-9-17)19(26)12-22-16-6-7-16/h1-5,16-17,22H,6-14H2,(H2,21,25). The number of nitrogens with two attached hydrogens (primary N) is 1. The smallest absolute Gasteiger partial charge is 0.242 e. The molecule has 2 saturated carbocycles. The molecule has 1 aromatic carbocycles. The van der Waals surface area contributed by atoms with Gasteiger partial charge in [0.2, 0.25) is 17.7 Å². The van der Waals surface area contributed by atoms with Crippen molar-refractivity contribution in [2.75, 3.05) is 26.2 Å². The summed E-state index contributed by atoms with van der Waals surface area (Å²) >= 11 is 0. The van der Waals surface area contributed by atoms with Crippen molar-refractivity contribution in [1.29, 1.82) is 0 Å². The van der Waals surface area contributed by atoms with Crippen molar-refractivity contribution in [3.63, 3.8) is 0 Å². The zero-order chi connectivity index (χ0) is 19.2. The summed E-state index contributed by atoms with van der Waals surface area (Å²) in [5.74, 6) is -0.813. The number of carbonyl (C=O) groups is 3. The molecule has 0 atom stereocenters. The highest BCUT2D eigenvalue weighted by Crippen LogP contribution is 2.27. The molecule has 7 heteroatoms. The lowest BCUT2D eigenvalue weighted by atomic mass is 10.1. The van der Waals surface area contributed by atoms with Crippen LogP contribution in [0.5, 0.6) is 0 Å².